The van der Waals surface area contributed by atoms with E-state index in [-0.39, 0.29) is 48.1 Å². The van der Waals surface area contributed by atoms with Gasteiger partial charge in [0.1, 0.15) is 29.5 Å². The first kappa shape index (κ1) is 41.7. The second-order valence-corrected chi connectivity index (χ2v) is 16.8. The summed E-state index contributed by atoms with van der Waals surface area (Å²) >= 11 is 0. The number of carbonyl (C=O) groups is 4. The largest absolute Gasteiger partial charge is 0.495 e. The van der Waals surface area contributed by atoms with Crippen molar-refractivity contribution < 1.29 is 37.8 Å². The highest BCUT2D eigenvalue weighted by Crippen LogP contribution is 2.37. The highest BCUT2D eigenvalue weighted by molar-refractivity contribution is 6.07. The van der Waals surface area contributed by atoms with Crippen LogP contribution in [0.25, 0.3) is 0 Å². The second-order valence-electron chi connectivity index (χ2n) is 16.8. The summed E-state index contributed by atoms with van der Waals surface area (Å²) in [6.45, 7) is 9.84. The van der Waals surface area contributed by atoms with Crippen LogP contribution in [0.3, 0.4) is 0 Å². The van der Waals surface area contributed by atoms with Crippen LogP contribution in [0.4, 0.5) is 36.3 Å². The van der Waals surface area contributed by atoms with Crippen LogP contribution in [-0.2, 0) is 9.59 Å². The zero-order valence-corrected chi connectivity index (χ0v) is 34.6. The Labute approximate surface area is 353 Å². The Morgan fingerprint density at radius 1 is 0.918 bits per heavy atom. The number of hydrogen-bond donors (Lipinski definition) is 3. The topological polar surface area (TPSA) is 165 Å². The van der Waals surface area contributed by atoms with E-state index < -0.39 is 35.8 Å². The number of rotatable bonds is 8. The standard InChI is InChI=1S/C44H51F2N9O6/c1-26-24-54(27(2)23-53(26)31-5-4-29(21-47)40(17-31)61-3)44(60)49-36-18-35(46)37(19-34(36)45)52-10-8-28(9-11-52)25-50-12-14-51(15-13-50)30-6-7-32-33(16-30)43(59)55(42(32)58)38-22-48-41(57)20-39(38)56/h4-7,16-19,26-28,38,43,59H,8-15,20,22-25H2,1-3H3,(H,48,57)(H,49,60)/t26-,27+,38?,43?/m0/s1. The molecule has 0 aromatic heterocycles. The predicted octanol–water partition coefficient (Wildman–Crippen LogP) is 3.92. The van der Waals surface area contributed by atoms with Crippen molar-refractivity contribution in [3.8, 4) is 11.8 Å². The van der Waals surface area contributed by atoms with Gasteiger partial charge in [0.25, 0.3) is 5.91 Å². The van der Waals surface area contributed by atoms with E-state index in [1.165, 1.54) is 18.1 Å². The lowest BCUT2D eigenvalue weighted by Gasteiger charge is -2.45. The Morgan fingerprint density at radius 2 is 1.66 bits per heavy atom. The van der Waals surface area contributed by atoms with Crippen molar-refractivity contribution in [2.45, 2.75) is 57.5 Å². The Balaban J connectivity index is 0.807. The molecule has 4 amide bonds. The third kappa shape index (κ3) is 8.26. The molecule has 0 aliphatic carbocycles. The Kier molecular flexibility index (Phi) is 11.7. The van der Waals surface area contributed by atoms with E-state index in [4.69, 9.17) is 4.74 Å². The number of piperidine rings is 2. The van der Waals surface area contributed by atoms with E-state index in [1.54, 1.807) is 17.0 Å². The minimum atomic E-state index is -1.28. The van der Waals surface area contributed by atoms with Crippen LogP contribution in [0.15, 0.2) is 48.5 Å². The van der Waals surface area contributed by atoms with Crippen LogP contribution in [0.2, 0.25) is 0 Å². The van der Waals surface area contributed by atoms with E-state index in [0.717, 1.165) is 63.0 Å². The number of carbonyl (C=O) groups excluding carboxylic acids is 4. The van der Waals surface area contributed by atoms with Gasteiger partial charge in [-0.25, -0.2) is 13.6 Å². The molecule has 322 valence electrons. The fourth-order valence-electron chi connectivity index (χ4n) is 9.48. The number of ether oxygens (including phenoxy) is 1. The molecular formula is C44H51F2N9O6. The molecule has 0 saturated carbocycles. The van der Waals surface area contributed by atoms with Crippen LogP contribution in [0.5, 0.6) is 5.75 Å². The molecule has 2 unspecified atom stereocenters. The van der Waals surface area contributed by atoms with Crippen LogP contribution in [0.1, 0.15) is 60.8 Å². The summed E-state index contributed by atoms with van der Waals surface area (Å²) < 4.78 is 36.5. The fraction of sp³-hybridized carbons (Fsp3) is 0.477. The maximum Gasteiger partial charge on any atom is 0.322 e. The lowest BCUT2D eigenvalue weighted by atomic mass is 9.95. The van der Waals surface area contributed by atoms with Gasteiger partial charge in [-0.15, -0.1) is 0 Å². The molecule has 4 atom stereocenters. The van der Waals surface area contributed by atoms with Crippen LogP contribution >= 0.6 is 0 Å². The molecule has 0 radical (unpaired) electrons. The van der Waals surface area contributed by atoms with Crippen molar-refractivity contribution in [1.29, 1.82) is 5.26 Å². The van der Waals surface area contributed by atoms with Crippen LogP contribution < -0.4 is 30.1 Å². The summed E-state index contributed by atoms with van der Waals surface area (Å²) in [5.74, 6) is -1.65. The van der Waals surface area contributed by atoms with Gasteiger partial charge in [0.15, 0.2) is 12.0 Å². The molecule has 17 heteroatoms. The maximum atomic E-state index is 15.6. The average molecular weight is 840 g/mol. The van der Waals surface area contributed by atoms with Gasteiger partial charge >= 0.3 is 6.03 Å². The van der Waals surface area contributed by atoms with Crippen LogP contribution in [-0.4, -0.2) is 134 Å². The number of aliphatic hydroxyl groups excluding tert-OH is 1. The van der Waals surface area contributed by atoms with Crippen molar-refractivity contribution in [3.63, 3.8) is 0 Å². The van der Waals surface area contributed by atoms with E-state index in [1.807, 2.05) is 43.0 Å². The molecule has 4 saturated heterocycles. The number of anilines is 4. The number of fused-ring (bicyclic) bond motifs is 1. The first-order valence-corrected chi connectivity index (χ1v) is 20.9. The normalized spacial score (nSPS) is 23.8. The molecular weight excluding hydrogens is 789 g/mol. The summed E-state index contributed by atoms with van der Waals surface area (Å²) in [4.78, 5) is 62.2. The van der Waals surface area contributed by atoms with E-state index in [2.05, 4.69) is 31.4 Å². The number of halogens is 2. The lowest BCUT2D eigenvalue weighted by molar-refractivity contribution is -0.136. The van der Waals surface area contributed by atoms with Gasteiger partial charge in [0.2, 0.25) is 5.91 Å². The van der Waals surface area contributed by atoms with Crippen molar-refractivity contribution >= 4 is 46.4 Å². The molecule has 3 aromatic carbocycles. The third-order valence-electron chi connectivity index (χ3n) is 12.9. The first-order valence-electron chi connectivity index (χ1n) is 20.9. The highest BCUT2D eigenvalue weighted by Gasteiger charge is 2.44. The number of amides is 4. The van der Waals surface area contributed by atoms with Gasteiger partial charge in [0.05, 0.1) is 30.5 Å². The third-order valence-corrected chi connectivity index (χ3v) is 12.9. The number of nitriles is 1. The number of piperazine rings is 2. The molecule has 5 aliphatic rings. The zero-order chi connectivity index (χ0) is 43.1. The van der Waals surface area contributed by atoms with Crippen LogP contribution in [0, 0.1) is 28.9 Å². The van der Waals surface area contributed by atoms with Crippen molar-refractivity contribution in [2.24, 2.45) is 5.92 Å². The zero-order valence-electron chi connectivity index (χ0n) is 34.6. The van der Waals surface area contributed by atoms with Gasteiger partial charge in [-0.2, -0.15) is 5.26 Å². The molecule has 5 heterocycles. The van der Waals surface area contributed by atoms with Crippen molar-refractivity contribution in [2.75, 3.05) is 92.6 Å². The molecule has 3 N–H and O–H groups in total. The van der Waals surface area contributed by atoms with E-state index in [0.29, 0.717) is 54.5 Å². The fourth-order valence-corrected chi connectivity index (χ4v) is 9.48. The Hall–Kier alpha value is -5.99. The lowest BCUT2D eigenvalue weighted by Crippen LogP contribution is -2.59. The summed E-state index contributed by atoms with van der Waals surface area (Å²) in [6, 6.07) is 13.3. The summed E-state index contributed by atoms with van der Waals surface area (Å²) in [5, 5.41) is 25.7. The van der Waals surface area contributed by atoms with Crippen molar-refractivity contribution in [3.05, 3.63) is 76.9 Å². The molecule has 3 aromatic rings. The van der Waals surface area contributed by atoms with E-state index in [9.17, 15) is 29.5 Å². The molecule has 61 heavy (non-hydrogen) atoms. The number of methoxy groups -OCH3 is 1. The predicted molar refractivity (Wildman–Crippen MR) is 224 cm³/mol. The number of nitrogens with zero attached hydrogens (tertiary/aromatic N) is 7. The number of aliphatic hydroxyl groups is 1. The summed E-state index contributed by atoms with van der Waals surface area (Å²) in [7, 11) is 1.51. The van der Waals surface area contributed by atoms with Gasteiger partial charge in [-0.05, 0) is 62.9 Å². The molecule has 4 fully saturated rings. The van der Waals surface area contributed by atoms with Gasteiger partial charge in [-0.1, -0.05) is 0 Å². The van der Waals surface area contributed by atoms with Crippen molar-refractivity contribution in [1.82, 2.24) is 20.0 Å². The number of ketones is 1. The average Bonchev–Trinajstić information content (AvgIpc) is 3.50. The monoisotopic (exact) mass is 839 g/mol. The number of urea groups is 1. The van der Waals surface area contributed by atoms with Gasteiger partial charge < -0.3 is 40.1 Å². The molecule has 8 rings (SSSR count). The highest BCUT2D eigenvalue weighted by atomic mass is 19.1. The molecule has 0 bridgehead atoms. The summed E-state index contributed by atoms with van der Waals surface area (Å²) in [5.41, 5.74) is 2.95. The smallest absolute Gasteiger partial charge is 0.322 e. The maximum absolute atomic E-state index is 15.6. The minimum Gasteiger partial charge on any atom is -0.495 e. The minimum absolute atomic E-state index is 0.0215. The quantitative estimate of drug-likeness (QED) is 0.282. The van der Waals surface area contributed by atoms with Gasteiger partial charge in [0, 0.05) is 118 Å². The molecule has 0 spiro atoms. The second kappa shape index (κ2) is 17.2. The molecule has 5 aliphatic heterocycles. The number of nitrogens with one attached hydrogen (secondary N) is 2. The first-order chi connectivity index (χ1) is 29.3. The Bertz CT molecular complexity index is 2260. The number of Topliss-reactive ketones (excluding diaryl/α,β-unsaturated/α-hetero) is 1. The van der Waals surface area contributed by atoms with E-state index >= 15 is 8.78 Å². The Morgan fingerprint density at radius 3 is 2.36 bits per heavy atom. The number of benzene rings is 3. The molecule has 15 nitrogen and oxygen atoms in total. The SMILES string of the molecule is COc1cc(N2C[C@@H](C)N(C(=O)Nc3cc(F)c(N4CCC(CN5CCN(c6ccc7c(c6)C(O)N(C6CNC(=O)CC6=O)C7=O)CC5)CC4)cc3F)C[C@@H]2C)ccc1C#N. The summed E-state index contributed by atoms with van der Waals surface area (Å²) in [6.07, 6.45) is 0.0403. The van der Waals surface area contributed by atoms with Gasteiger partial charge in [-0.3, -0.25) is 24.2 Å². The number of hydrogen-bond acceptors (Lipinski definition) is 11.